The molecule has 2 unspecified atom stereocenters. The number of fused-ring (bicyclic) bond motifs is 5. The number of amides is 1. The number of hydrogen-bond donors (Lipinski definition) is 1. The van der Waals surface area contributed by atoms with Crippen LogP contribution in [0.3, 0.4) is 0 Å². The summed E-state index contributed by atoms with van der Waals surface area (Å²) in [5, 5.41) is 3.31. The first-order valence-corrected chi connectivity index (χ1v) is 8.58. The summed E-state index contributed by atoms with van der Waals surface area (Å²) in [7, 11) is 1.74. The number of ether oxygens (including phenoxy) is 1. The van der Waals surface area contributed by atoms with Crippen LogP contribution < -0.4 is 10.1 Å². The van der Waals surface area contributed by atoms with Crippen LogP contribution in [0.15, 0.2) is 18.2 Å². The number of hydrogen-bond acceptors (Lipinski definition) is 2. The molecule has 118 valence electrons. The molecule has 1 aromatic carbocycles. The lowest BCUT2D eigenvalue weighted by Gasteiger charge is -2.54. The zero-order chi connectivity index (χ0) is 15.3. The summed E-state index contributed by atoms with van der Waals surface area (Å²) in [6.07, 6.45) is 6.47. The van der Waals surface area contributed by atoms with Gasteiger partial charge in [0.05, 0.1) is 7.11 Å². The molecule has 1 saturated carbocycles. The van der Waals surface area contributed by atoms with Gasteiger partial charge in [-0.15, -0.1) is 0 Å². The number of carbonyl (C=O) groups is 1. The standard InChI is InChI=1S/C19H25NO2/c1-19-10-9-15-14-6-4-13(22-2)11-12(14)3-5-16(15)17(19)7-8-18(21)20-19/h4,6,11,15-17H,3,5,7-10H2,1-2H3,(H,20,21)/t15-,16?,17+,19?/m1/s1. The molecule has 0 radical (unpaired) electrons. The third kappa shape index (κ3) is 2.05. The first kappa shape index (κ1) is 14.1. The summed E-state index contributed by atoms with van der Waals surface area (Å²) in [5.74, 6) is 3.25. The van der Waals surface area contributed by atoms with Gasteiger partial charge in [-0.3, -0.25) is 4.79 Å². The van der Waals surface area contributed by atoms with Gasteiger partial charge in [0.15, 0.2) is 0 Å². The molecule has 2 aliphatic carbocycles. The van der Waals surface area contributed by atoms with Gasteiger partial charge in [0.2, 0.25) is 5.91 Å². The molecule has 1 aromatic rings. The van der Waals surface area contributed by atoms with E-state index in [2.05, 4.69) is 30.4 Å². The summed E-state index contributed by atoms with van der Waals surface area (Å²) < 4.78 is 5.38. The second-order valence-corrected chi connectivity index (χ2v) is 7.52. The molecule has 1 heterocycles. The van der Waals surface area contributed by atoms with Crippen molar-refractivity contribution in [3.63, 3.8) is 0 Å². The second kappa shape index (κ2) is 5.00. The zero-order valence-corrected chi connectivity index (χ0v) is 13.5. The maximum atomic E-state index is 11.8. The molecule has 2 fully saturated rings. The minimum absolute atomic E-state index is 0.0282. The van der Waals surface area contributed by atoms with Gasteiger partial charge in [-0.1, -0.05) is 6.07 Å². The highest BCUT2D eigenvalue weighted by Gasteiger charge is 2.50. The molecule has 4 atom stereocenters. The van der Waals surface area contributed by atoms with Crippen molar-refractivity contribution in [3.05, 3.63) is 29.3 Å². The SMILES string of the molecule is COc1ccc2c(c1)CCC1[C@@H]2CCC2(C)NC(=O)CC[C@@H]12. The van der Waals surface area contributed by atoms with E-state index in [4.69, 9.17) is 4.74 Å². The van der Waals surface area contributed by atoms with E-state index in [0.717, 1.165) is 30.9 Å². The van der Waals surface area contributed by atoms with Gasteiger partial charge in [-0.05, 0) is 80.0 Å². The summed E-state index contributed by atoms with van der Waals surface area (Å²) in [4.78, 5) is 11.8. The average Bonchev–Trinajstić information content (AvgIpc) is 2.52. The Morgan fingerprint density at radius 3 is 2.91 bits per heavy atom. The molecule has 1 N–H and O–H groups in total. The molecular formula is C19H25NO2. The second-order valence-electron chi connectivity index (χ2n) is 7.52. The van der Waals surface area contributed by atoms with Crippen molar-refractivity contribution in [3.8, 4) is 5.75 Å². The van der Waals surface area contributed by atoms with E-state index < -0.39 is 0 Å². The van der Waals surface area contributed by atoms with Crippen LogP contribution in [0.4, 0.5) is 0 Å². The number of nitrogens with one attached hydrogen (secondary N) is 1. The Labute approximate surface area is 132 Å². The van der Waals surface area contributed by atoms with Crippen LogP contribution in [-0.2, 0) is 11.2 Å². The van der Waals surface area contributed by atoms with Crippen LogP contribution >= 0.6 is 0 Å². The fourth-order valence-electron chi connectivity index (χ4n) is 5.36. The highest BCUT2D eigenvalue weighted by molar-refractivity contribution is 5.77. The smallest absolute Gasteiger partial charge is 0.220 e. The average molecular weight is 299 g/mol. The number of benzene rings is 1. The van der Waals surface area contributed by atoms with Crippen LogP contribution in [0, 0.1) is 11.8 Å². The van der Waals surface area contributed by atoms with Crippen LogP contribution in [0.2, 0.25) is 0 Å². The van der Waals surface area contributed by atoms with Gasteiger partial charge in [-0.2, -0.15) is 0 Å². The molecule has 1 aliphatic heterocycles. The Morgan fingerprint density at radius 1 is 1.23 bits per heavy atom. The molecule has 3 nitrogen and oxygen atoms in total. The maximum Gasteiger partial charge on any atom is 0.220 e. The van der Waals surface area contributed by atoms with E-state index in [-0.39, 0.29) is 11.4 Å². The molecule has 3 heteroatoms. The summed E-state index contributed by atoms with van der Waals surface area (Å²) in [6.45, 7) is 2.27. The maximum absolute atomic E-state index is 11.8. The van der Waals surface area contributed by atoms with Crippen LogP contribution in [0.25, 0.3) is 0 Å². The Kier molecular flexibility index (Phi) is 3.21. The Bertz CT molecular complexity index is 611. The Hall–Kier alpha value is -1.51. The molecule has 4 rings (SSSR count). The number of piperidine rings is 1. The van der Waals surface area contributed by atoms with Gasteiger partial charge < -0.3 is 10.1 Å². The predicted molar refractivity (Wildman–Crippen MR) is 86.1 cm³/mol. The summed E-state index contributed by atoms with van der Waals surface area (Å²) in [6, 6.07) is 6.62. The number of rotatable bonds is 1. The number of methoxy groups -OCH3 is 1. The predicted octanol–water partition coefficient (Wildman–Crippen LogP) is 3.42. The molecule has 1 amide bonds. The molecule has 3 aliphatic rings. The highest BCUT2D eigenvalue weighted by Crippen LogP contribution is 2.53. The van der Waals surface area contributed by atoms with E-state index >= 15 is 0 Å². The zero-order valence-electron chi connectivity index (χ0n) is 13.5. The van der Waals surface area contributed by atoms with Crippen LogP contribution in [0.1, 0.15) is 56.1 Å². The highest BCUT2D eigenvalue weighted by atomic mass is 16.5. The molecule has 0 aromatic heterocycles. The third-order valence-electron chi connectivity index (χ3n) is 6.43. The molecule has 1 saturated heterocycles. The molecule has 22 heavy (non-hydrogen) atoms. The minimum atomic E-state index is 0.0282. The van der Waals surface area contributed by atoms with E-state index in [1.54, 1.807) is 7.11 Å². The van der Waals surface area contributed by atoms with Gasteiger partial charge in [0.25, 0.3) is 0 Å². The largest absolute Gasteiger partial charge is 0.497 e. The van der Waals surface area contributed by atoms with Crippen LogP contribution in [-0.4, -0.2) is 18.6 Å². The number of carbonyl (C=O) groups excluding carboxylic acids is 1. The summed E-state index contributed by atoms with van der Waals surface area (Å²) >= 11 is 0. The van der Waals surface area contributed by atoms with Gasteiger partial charge in [0, 0.05) is 12.0 Å². The van der Waals surface area contributed by atoms with Gasteiger partial charge in [-0.25, -0.2) is 0 Å². The number of aryl methyl sites for hydroxylation is 1. The van der Waals surface area contributed by atoms with Crippen molar-refractivity contribution >= 4 is 5.91 Å². The van der Waals surface area contributed by atoms with Crippen molar-refractivity contribution in [2.45, 2.75) is 56.9 Å². The van der Waals surface area contributed by atoms with Crippen molar-refractivity contribution in [1.82, 2.24) is 5.32 Å². The monoisotopic (exact) mass is 299 g/mol. The fourth-order valence-corrected chi connectivity index (χ4v) is 5.36. The minimum Gasteiger partial charge on any atom is -0.497 e. The van der Waals surface area contributed by atoms with Gasteiger partial charge >= 0.3 is 0 Å². The topological polar surface area (TPSA) is 38.3 Å². The summed E-state index contributed by atoms with van der Waals surface area (Å²) in [5.41, 5.74) is 3.04. The Balaban J connectivity index is 1.66. The normalized spacial score (nSPS) is 36.6. The lowest BCUT2D eigenvalue weighted by Crippen LogP contribution is -2.60. The van der Waals surface area contributed by atoms with E-state index in [1.165, 1.54) is 24.0 Å². The first-order valence-electron chi connectivity index (χ1n) is 8.58. The fraction of sp³-hybridized carbons (Fsp3) is 0.632. The van der Waals surface area contributed by atoms with Crippen molar-refractivity contribution in [1.29, 1.82) is 0 Å². The van der Waals surface area contributed by atoms with E-state index in [9.17, 15) is 4.79 Å². The molecule has 0 spiro atoms. The molecular weight excluding hydrogens is 274 g/mol. The van der Waals surface area contributed by atoms with E-state index in [1.807, 2.05) is 0 Å². The lowest BCUT2D eigenvalue weighted by molar-refractivity contribution is -0.129. The molecule has 0 bridgehead atoms. The third-order valence-corrected chi connectivity index (χ3v) is 6.43. The van der Waals surface area contributed by atoms with Crippen molar-refractivity contribution in [2.75, 3.05) is 7.11 Å². The first-order chi connectivity index (χ1) is 10.6. The van der Waals surface area contributed by atoms with Crippen molar-refractivity contribution < 1.29 is 9.53 Å². The van der Waals surface area contributed by atoms with Crippen molar-refractivity contribution in [2.24, 2.45) is 11.8 Å². The van der Waals surface area contributed by atoms with E-state index in [0.29, 0.717) is 18.3 Å². The van der Waals surface area contributed by atoms with Crippen LogP contribution in [0.5, 0.6) is 5.75 Å². The quantitative estimate of drug-likeness (QED) is 0.863. The Morgan fingerprint density at radius 2 is 2.09 bits per heavy atom. The lowest BCUT2D eigenvalue weighted by atomic mass is 9.55. The van der Waals surface area contributed by atoms with Gasteiger partial charge in [0.1, 0.15) is 5.75 Å².